The molecule has 3 rings (SSSR count). The first kappa shape index (κ1) is 42.1. The number of urea groups is 1. The van der Waals surface area contributed by atoms with Gasteiger partial charge in [0.25, 0.3) is 11.8 Å². The molecule has 0 saturated heterocycles. The van der Waals surface area contributed by atoms with E-state index in [2.05, 4.69) is 26.6 Å². The van der Waals surface area contributed by atoms with Gasteiger partial charge < -0.3 is 42.5 Å². The second-order valence-electron chi connectivity index (χ2n) is 12.7. The summed E-state index contributed by atoms with van der Waals surface area (Å²) in [5.41, 5.74) is 4.68. The molecule has 8 amide bonds. The third-order valence-electron chi connectivity index (χ3n) is 8.74. The van der Waals surface area contributed by atoms with Crippen molar-refractivity contribution in [1.82, 2.24) is 26.2 Å². The van der Waals surface area contributed by atoms with E-state index in [0.717, 1.165) is 17.1 Å². The molecule has 0 radical (unpaired) electrons. The Bertz CT molecular complexity index is 1700. The van der Waals surface area contributed by atoms with E-state index in [1.165, 1.54) is 42.5 Å². The first-order chi connectivity index (χ1) is 25.7. The highest BCUT2D eigenvalue weighted by molar-refractivity contribution is 6.12. The van der Waals surface area contributed by atoms with Crippen LogP contribution in [0.5, 0.6) is 0 Å². The molecule has 0 spiro atoms. The molecule has 0 bridgehead atoms. The summed E-state index contributed by atoms with van der Waals surface area (Å²) in [6.07, 6.45) is 9.69. The lowest BCUT2D eigenvalue weighted by atomic mass is 9.67. The third kappa shape index (κ3) is 13.0. The fourth-order valence-corrected chi connectivity index (χ4v) is 5.66. The fraction of sp³-hybridized carbons (Fsp3) is 0.417. The van der Waals surface area contributed by atoms with Crippen LogP contribution in [0.3, 0.4) is 0 Å². The molecular formula is C36H45N7O11. The molecule has 54 heavy (non-hydrogen) atoms. The summed E-state index contributed by atoms with van der Waals surface area (Å²) in [5, 5.41) is 31.1. The Hall–Kier alpha value is -6.33. The molecule has 1 heterocycles. The summed E-state index contributed by atoms with van der Waals surface area (Å²) < 4.78 is 0. The molecule has 18 nitrogen and oxygen atoms in total. The highest BCUT2D eigenvalue weighted by Crippen LogP contribution is 2.41. The summed E-state index contributed by atoms with van der Waals surface area (Å²) in [5.74, 6) is -5.45. The molecule has 290 valence electrons. The van der Waals surface area contributed by atoms with Gasteiger partial charge in [-0.25, -0.2) is 14.4 Å². The number of rotatable bonds is 22. The lowest BCUT2D eigenvalue weighted by molar-refractivity contribution is -0.151. The average Bonchev–Trinajstić information content (AvgIpc) is 3.41. The van der Waals surface area contributed by atoms with E-state index in [9.17, 15) is 43.2 Å². The van der Waals surface area contributed by atoms with Gasteiger partial charge in [0.1, 0.15) is 11.5 Å². The van der Waals surface area contributed by atoms with Crippen LogP contribution in [0, 0.1) is 5.41 Å². The Morgan fingerprint density at radius 1 is 0.815 bits per heavy atom. The number of anilines is 1. The van der Waals surface area contributed by atoms with Gasteiger partial charge in [0.2, 0.25) is 23.6 Å². The number of benzene rings is 1. The number of amides is 8. The number of nitrogens with one attached hydrogen (secondary N) is 5. The highest BCUT2D eigenvalue weighted by Gasteiger charge is 2.51. The number of primary amides is 1. The minimum absolute atomic E-state index is 0.0647. The van der Waals surface area contributed by atoms with E-state index in [0.29, 0.717) is 36.8 Å². The molecular weight excluding hydrogens is 706 g/mol. The minimum Gasteiger partial charge on any atom is -0.478 e. The maximum Gasteiger partial charge on any atom is 0.328 e. The molecule has 1 atom stereocenters. The summed E-state index contributed by atoms with van der Waals surface area (Å²) in [6.45, 7) is 0.471. The fourth-order valence-electron chi connectivity index (χ4n) is 5.66. The standard InChI is InChI=1S/C36H45N7O11/c37-35(54)40-19-4-6-25(42-34(53)36(16-5-17-36)33(52)39-18-2-1-3-21-43-28(45)11-12-29(43)46)32(51)38-20-15-27(44)41-26-22-23(8-13-30(47)48)7-9-24(26)10-14-31(49)50/h7-14,22,25H,1-6,15-21H2,(H,38,51)(H,39,52)(H,41,44)(H,42,53)(H,47,48)(H,49,50)(H3,37,40,54)/b13-8+,14-10+/t25-/m0/s1. The first-order valence-electron chi connectivity index (χ1n) is 17.4. The Labute approximate surface area is 310 Å². The van der Waals surface area contributed by atoms with Crippen LogP contribution in [0.1, 0.15) is 68.9 Å². The van der Waals surface area contributed by atoms with Crippen LogP contribution in [0.15, 0.2) is 42.5 Å². The van der Waals surface area contributed by atoms with Crippen molar-refractivity contribution in [3.8, 4) is 0 Å². The lowest BCUT2D eigenvalue weighted by Crippen LogP contribution is -2.59. The second-order valence-corrected chi connectivity index (χ2v) is 12.7. The first-order valence-corrected chi connectivity index (χ1v) is 17.4. The number of hydrogen-bond donors (Lipinski definition) is 8. The maximum absolute atomic E-state index is 13.6. The van der Waals surface area contributed by atoms with Crippen molar-refractivity contribution in [3.05, 3.63) is 53.6 Å². The molecule has 1 aromatic rings. The van der Waals surface area contributed by atoms with Gasteiger partial charge in [-0.3, -0.25) is 33.7 Å². The zero-order valence-corrected chi connectivity index (χ0v) is 29.6. The maximum atomic E-state index is 13.6. The third-order valence-corrected chi connectivity index (χ3v) is 8.74. The number of carboxylic acids is 2. The molecule has 1 saturated carbocycles. The monoisotopic (exact) mass is 751 g/mol. The van der Waals surface area contributed by atoms with Crippen LogP contribution < -0.4 is 32.3 Å². The second kappa shape index (κ2) is 20.6. The number of aliphatic carboxylic acids is 2. The predicted octanol–water partition coefficient (Wildman–Crippen LogP) is 0.642. The molecule has 18 heteroatoms. The molecule has 1 fully saturated rings. The molecule has 1 aliphatic carbocycles. The number of unbranched alkanes of at least 4 members (excludes halogenated alkanes) is 2. The predicted molar refractivity (Wildman–Crippen MR) is 194 cm³/mol. The number of nitrogens with two attached hydrogens (primary N) is 1. The Kier molecular flexibility index (Phi) is 16.1. The van der Waals surface area contributed by atoms with E-state index in [-0.39, 0.29) is 75.8 Å². The van der Waals surface area contributed by atoms with E-state index >= 15 is 0 Å². The molecule has 0 aromatic heterocycles. The number of hydrogen-bond acceptors (Lipinski definition) is 9. The minimum atomic E-state index is -1.38. The van der Waals surface area contributed by atoms with Crippen LogP contribution in [0.25, 0.3) is 12.2 Å². The van der Waals surface area contributed by atoms with E-state index in [1.807, 2.05) is 0 Å². The van der Waals surface area contributed by atoms with Crippen molar-refractivity contribution in [2.75, 3.05) is 31.5 Å². The average molecular weight is 752 g/mol. The van der Waals surface area contributed by atoms with Crippen molar-refractivity contribution in [3.63, 3.8) is 0 Å². The van der Waals surface area contributed by atoms with Crippen LogP contribution in [-0.4, -0.2) is 101 Å². The summed E-state index contributed by atoms with van der Waals surface area (Å²) in [7, 11) is 0. The number of carbonyl (C=O) groups excluding carboxylic acids is 7. The van der Waals surface area contributed by atoms with Gasteiger partial charge in [-0.05, 0) is 74.3 Å². The summed E-state index contributed by atoms with van der Waals surface area (Å²) in [4.78, 5) is 111. The number of carbonyl (C=O) groups is 9. The van der Waals surface area contributed by atoms with Gasteiger partial charge in [-0.1, -0.05) is 18.6 Å². The molecule has 0 unspecified atom stereocenters. The molecule has 9 N–H and O–H groups in total. The Morgan fingerprint density at radius 3 is 2.11 bits per heavy atom. The highest BCUT2D eigenvalue weighted by atomic mass is 16.4. The van der Waals surface area contributed by atoms with Crippen LogP contribution in [0.4, 0.5) is 10.5 Å². The summed E-state index contributed by atoms with van der Waals surface area (Å²) >= 11 is 0. The smallest absolute Gasteiger partial charge is 0.328 e. The van der Waals surface area contributed by atoms with Crippen LogP contribution in [0.2, 0.25) is 0 Å². The summed E-state index contributed by atoms with van der Waals surface area (Å²) in [6, 6.07) is 2.59. The van der Waals surface area contributed by atoms with Gasteiger partial charge in [0, 0.05) is 62.6 Å². The van der Waals surface area contributed by atoms with E-state index < -0.39 is 53.1 Å². The zero-order chi connectivity index (χ0) is 39.7. The van der Waals surface area contributed by atoms with Crippen LogP contribution >= 0.6 is 0 Å². The van der Waals surface area contributed by atoms with Gasteiger partial charge in [-0.2, -0.15) is 0 Å². The van der Waals surface area contributed by atoms with Crippen molar-refractivity contribution in [1.29, 1.82) is 0 Å². The van der Waals surface area contributed by atoms with Crippen LogP contribution in [-0.2, 0) is 38.4 Å². The van der Waals surface area contributed by atoms with E-state index in [1.54, 1.807) is 0 Å². The molecule has 1 aliphatic heterocycles. The van der Waals surface area contributed by atoms with Gasteiger partial charge in [-0.15, -0.1) is 0 Å². The van der Waals surface area contributed by atoms with Gasteiger partial charge in [0.15, 0.2) is 0 Å². The molecule has 1 aromatic carbocycles. The topological polar surface area (TPSA) is 284 Å². The number of imide groups is 1. The van der Waals surface area contributed by atoms with Gasteiger partial charge >= 0.3 is 18.0 Å². The van der Waals surface area contributed by atoms with Crippen molar-refractivity contribution in [2.24, 2.45) is 11.1 Å². The Balaban J connectivity index is 1.57. The Morgan fingerprint density at radius 2 is 1.48 bits per heavy atom. The van der Waals surface area contributed by atoms with Crippen molar-refractivity contribution < 1.29 is 53.4 Å². The zero-order valence-electron chi connectivity index (χ0n) is 29.6. The number of nitrogens with zero attached hydrogens (tertiary/aromatic N) is 1. The van der Waals surface area contributed by atoms with Gasteiger partial charge in [0.05, 0.1) is 0 Å². The lowest BCUT2D eigenvalue weighted by Gasteiger charge is -2.39. The normalized spacial score (nSPS) is 15.1. The van der Waals surface area contributed by atoms with E-state index in [4.69, 9.17) is 15.9 Å². The van der Waals surface area contributed by atoms with Crippen molar-refractivity contribution >= 4 is 71.3 Å². The quantitative estimate of drug-likeness (QED) is 0.0352. The number of carboxylic acid groups (broad SMARTS) is 2. The molecule has 2 aliphatic rings. The van der Waals surface area contributed by atoms with Crippen molar-refractivity contribution in [2.45, 2.75) is 63.8 Å². The SMILES string of the molecule is NC(=O)NCCC[C@H](NC(=O)C1(C(=O)NCCCCCN2C(=O)C=CC2=O)CCC1)C(=O)NCCC(=O)Nc1cc(/C=C/C(=O)O)ccc1/C=C/C(=O)O. The largest absolute Gasteiger partial charge is 0.478 e.